The number of thiophene rings is 1. The Hall–Kier alpha value is -1.58. The van der Waals surface area contributed by atoms with E-state index in [9.17, 15) is 22.8 Å². The number of hydrogen-bond donors (Lipinski definition) is 1. The molecule has 0 radical (unpaired) electrons. The molecule has 1 aliphatic rings. The van der Waals surface area contributed by atoms with Crippen molar-refractivity contribution in [2.24, 2.45) is 5.92 Å². The fraction of sp³-hybridized carbons (Fsp3) is 0.632. The number of nitrogens with one attached hydrogen (secondary N) is 1. The summed E-state index contributed by atoms with van der Waals surface area (Å²) in [4.78, 5) is 37.6. The van der Waals surface area contributed by atoms with Gasteiger partial charge in [0.2, 0.25) is 15.9 Å². The number of sulfonamides is 1. The van der Waals surface area contributed by atoms with Crippen molar-refractivity contribution in [3.8, 4) is 0 Å². The summed E-state index contributed by atoms with van der Waals surface area (Å²) in [6, 6.07) is 3.66. The molecule has 1 N–H and O–H groups in total. The second-order valence-corrected chi connectivity index (χ2v) is 10.6. The second-order valence-electron chi connectivity index (χ2n) is 7.28. The first-order valence-corrected chi connectivity index (χ1v) is 12.1. The van der Waals surface area contributed by atoms with Gasteiger partial charge in [0.25, 0.3) is 0 Å². The van der Waals surface area contributed by atoms with Gasteiger partial charge in [0.1, 0.15) is 5.78 Å². The minimum atomic E-state index is -3.14. The van der Waals surface area contributed by atoms with Crippen LogP contribution in [0.5, 0.6) is 0 Å². The molecule has 1 saturated heterocycles. The molecule has 1 amide bonds. The van der Waals surface area contributed by atoms with Gasteiger partial charge in [0.15, 0.2) is 5.78 Å². The largest absolute Gasteiger partial charge is 0.356 e. The lowest BCUT2D eigenvalue weighted by molar-refractivity contribution is -0.125. The minimum Gasteiger partial charge on any atom is -0.356 e. The summed E-state index contributed by atoms with van der Waals surface area (Å²) in [7, 11) is -3.14. The lowest BCUT2D eigenvalue weighted by Gasteiger charge is -2.30. The number of carbonyl (C=O) groups excluding carboxylic acids is 3. The van der Waals surface area contributed by atoms with Crippen LogP contribution in [0.15, 0.2) is 12.1 Å². The standard InChI is InChI=1S/C19H28N2O5S2/c1-14-3-7-18(27-14)17(23)6-4-16(22)5-8-19(24)20-13-15-9-11-21(12-10-15)28(2,25)26/h3,7,15H,4-6,8-13H2,1-2H3,(H,20,24). The van der Waals surface area contributed by atoms with Gasteiger partial charge in [-0.2, -0.15) is 0 Å². The van der Waals surface area contributed by atoms with E-state index in [0.717, 1.165) is 17.7 Å². The van der Waals surface area contributed by atoms with Gasteiger partial charge in [0.05, 0.1) is 11.1 Å². The lowest BCUT2D eigenvalue weighted by atomic mass is 9.98. The summed E-state index contributed by atoms with van der Waals surface area (Å²) in [6.45, 7) is 3.40. The monoisotopic (exact) mass is 428 g/mol. The van der Waals surface area contributed by atoms with Crippen LogP contribution in [-0.4, -0.2) is 56.1 Å². The zero-order valence-corrected chi connectivity index (χ0v) is 18.0. The summed E-state index contributed by atoms with van der Waals surface area (Å²) >= 11 is 1.43. The molecular weight excluding hydrogens is 400 g/mol. The van der Waals surface area contributed by atoms with Crippen molar-refractivity contribution in [2.45, 2.75) is 45.4 Å². The Kier molecular flexibility index (Phi) is 8.33. The molecule has 1 aromatic heterocycles. The van der Waals surface area contributed by atoms with Crippen molar-refractivity contribution in [3.63, 3.8) is 0 Å². The minimum absolute atomic E-state index is 0.0312. The van der Waals surface area contributed by atoms with Gasteiger partial charge in [-0.1, -0.05) is 0 Å². The Morgan fingerprint density at radius 1 is 1.11 bits per heavy atom. The highest BCUT2D eigenvalue weighted by molar-refractivity contribution is 7.88. The summed E-state index contributed by atoms with van der Waals surface area (Å²) in [6.07, 6.45) is 3.24. The molecule has 1 fully saturated rings. The number of piperidine rings is 1. The smallest absolute Gasteiger partial charge is 0.220 e. The normalized spacial score (nSPS) is 16.1. The first-order valence-electron chi connectivity index (χ1n) is 9.48. The molecule has 1 aliphatic heterocycles. The van der Waals surface area contributed by atoms with E-state index in [1.807, 2.05) is 13.0 Å². The van der Waals surface area contributed by atoms with Gasteiger partial charge in [-0.15, -0.1) is 11.3 Å². The van der Waals surface area contributed by atoms with Crippen LogP contribution >= 0.6 is 11.3 Å². The Balaban J connectivity index is 1.59. The Labute approximate surface area is 170 Å². The van der Waals surface area contributed by atoms with E-state index in [0.29, 0.717) is 24.5 Å². The molecule has 9 heteroatoms. The van der Waals surface area contributed by atoms with Gasteiger partial charge in [-0.3, -0.25) is 14.4 Å². The van der Waals surface area contributed by atoms with Crippen LogP contribution < -0.4 is 5.32 Å². The van der Waals surface area contributed by atoms with Crippen LogP contribution in [0, 0.1) is 12.8 Å². The Bertz CT molecular complexity index is 808. The fourth-order valence-electron chi connectivity index (χ4n) is 3.13. The van der Waals surface area contributed by atoms with E-state index in [1.54, 1.807) is 6.07 Å². The van der Waals surface area contributed by atoms with Crippen molar-refractivity contribution in [3.05, 3.63) is 21.9 Å². The molecule has 0 bridgehead atoms. The molecule has 7 nitrogen and oxygen atoms in total. The molecule has 2 rings (SSSR count). The van der Waals surface area contributed by atoms with Crippen LogP contribution in [0.2, 0.25) is 0 Å². The quantitative estimate of drug-likeness (QED) is 0.576. The van der Waals surface area contributed by atoms with Gasteiger partial charge >= 0.3 is 0 Å². The molecule has 0 atom stereocenters. The third-order valence-corrected chi connectivity index (χ3v) is 7.25. The summed E-state index contributed by atoms with van der Waals surface area (Å²) in [5.41, 5.74) is 0. The van der Waals surface area contributed by atoms with Crippen molar-refractivity contribution < 1.29 is 22.8 Å². The van der Waals surface area contributed by atoms with Crippen LogP contribution in [0.25, 0.3) is 0 Å². The number of hydrogen-bond acceptors (Lipinski definition) is 6. The van der Waals surface area contributed by atoms with E-state index in [4.69, 9.17) is 0 Å². The van der Waals surface area contributed by atoms with Crippen molar-refractivity contribution in [1.82, 2.24) is 9.62 Å². The second kappa shape index (κ2) is 10.3. The average Bonchev–Trinajstić information content (AvgIpc) is 3.08. The predicted molar refractivity (Wildman–Crippen MR) is 109 cm³/mol. The highest BCUT2D eigenvalue weighted by atomic mass is 32.2. The first-order chi connectivity index (χ1) is 13.1. The highest BCUT2D eigenvalue weighted by Gasteiger charge is 2.25. The third kappa shape index (κ3) is 7.44. The lowest BCUT2D eigenvalue weighted by Crippen LogP contribution is -2.41. The van der Waals surface area contributed by atoms with Gasteiger partial charge in [-0.05, 0) is 37.8 Å². The van der Waals surface area contributed by atoms with Gasteiger partial charge < -0.3 is 5.32 Å². The predicted octanol–water partition coefficient (Wildman–Crippen LogP) is 2.16. The SMILES string of the molecule is Cc1ccc(C(=O)CCC(=O)CCC(=O)NCC2CCN(S(C)(=O)=O)CC2)s1. The number of aryl methyl sites for hydroxylation is 1. The van der Waals surface area contributed by atoms with Crippen molar-refractivity contribution in [2.75, 3.05) is 25.9 Å². The van der Waals surface area contributed by atoms with Crippen LogP contribution in [0.4, 0.5) is 0 Å². The van der Waals surface area contributed by atoms with Crippen LogP contribution in [0.3, 0.4) is 0 Å². The molecule has 1 aromatic rings. The third-order valence-electron chi connectivity index (χ3n) is 4.91. The Morgan fingerprint density at radius 3 is 2.32 bits per heavy atom. The maximum Gasteiger partial charge on any atom is 0.220 e. The van der Waals surface area contributed by atoms with E-state index in [2.05, 4.69) is 5.32 Å². The molecule has 0 aliphatic carbocycles. The molecule has 156 valence electrons. The number of carbonyl (C=O) groups is 3. The fourth-order valence-corrected chi connectivity index (χ4v) is 4.84. The molecular formula is C19H28N2O5S2. The van der Waals surface area contributed by atoms with E-state index >= 15 is 0 Å². The molecule has 0 saturated carbocycles. The number of ketones is 2. The van der Waals surface area contributed by atoms with Crippen LogP contribution in [0.1, 0.15) is 53.1 Å². The van der Waals surface area contributed by atoms with Crippen molar-refractivity contribution >= 4 is 38.8 Å². The van der Waals surface area contributed by atoms with Crippen LogP contribution in [-0.2, 0) is 19.6 Å². The Morgan fingerprint density at radius 2 is 1.75 bits per heavy atom. The summed E-state index contributed by atoms with van der Waals surface area (Å²) in [5.74, 6) is -0.0433. The van der Waals surface area contributed by atoms with Crippen molar-refractivity contribution in [1.29, 1.82) is 0 Å². The zero-order chi connectivity index (χ0) is 20.7. The molecule has 0 spiro atoms. The summed E-state index contributed by atoms with van der Waals surface area (Å²) in [5, 5.41) is 2.83. The maximum atomic E-state index is 12.0. The van der Waals surface area contributed by atoms with Gasteiger partial charge in [0, 0.05) is 50.2 Å². The number of nitrogens with zero attached hydrogens (tertiary/aromatic N) is 1. The topological polar surface area (TPSA) is 101 Å². The van der Waals surface area contributed by atoms with E-state index in [1.165, 1.54) is 21.9 Å². The molecule has 2 heterocycles. The highest BCUT2D eigenvalue weighted by Crippen LogP contribution is 2.19. The van der Waals surface area contributed by atoms with Gasteiger partial charge in [-0.25, -0.2) is 12.7 Å². The molecule has 28 heavy (non-hydrogen) atoms. The number of Topliss-reactive ketones (excluding diaryl/α,β-unsaturated/α-hetero) is 2. The average molecular weight is 429 g/mol. The molecule has 0 aromatic carbocycles. The molecule has 0 unspecified atom stereocenters. The van der Waals surface area contributed by atoms with E-state index < -0.39 is 10.0 Å². The zero-order valence-electron chi connectivity index (χ0n) is 16.4. The maximum absolute atomic E-state index is 12.0. The summed E-state index contributed by atoms with van der Waals surface area (Å²) < 4.78 is 24.4. The number of rotatable bonds is 10. The first kappa shape index (κ1) is 22.7. The number of amides is 1. The van der Waals surface area contributed by atoms with E-state index in [-0.39, 0.29) is 49.1 Å².